The van der Waals surface area contributed by atoms with Crippen molar-refractivity contribution >= 4 is 38.4 Å². The molecular formula is C22H20N4O2S. The highest BCUT2D eigenvalue weighted by Crippen LogP contribution is 2.28. The molecule has 0 atom stereocenters. The molecule has 4 aromatic rings. The predicted octanol–water partition coefficient (Wildman–Crippen LogP) is 4.79. The van der Waals surface area contributed by atoms with E-state index in [1.54, 1.807) is 25.1 Å². The Bertz CT molecular complexity index is 1290. The van der Waals surface area contributed by atoms with Crippen molar-refractivity contribution in [2.24, 2.45) is 0 Å². The number of aryl methyl sites for hydroxylation is 2. The van der Waals surface area contributed by atoms with E-state index in [4.69, 9.17) is 0 Å². The van der Waals surface area contributed by atoms with E-state index in [1.165, 1.54) is 0 Å². The Kier molecular flexibility index (Phi) is 4.90. The van der Waals surface area contributed by atoms with Gasteiger partial charge in [0.1, 0.15) is 0 Å². The number of hydrogen-bond acceptors (Lipinski definition) is 5. The van der Waals surface area contributed by atoms with Crippen LogP contribution in [-0.2, 0) is 10.0 Å². The van der Waals surface area contributed by atoms with Crippen LogP contribution in [0.5, 0.6) is 0 Å². The Hall–Kier alpha value is -3.45. The molecule has 0 radical (unpaired) electrons. The molecule has 0 aliphatic rings. The topological polar surface area (TPSA) is 84.0 Å². The van der Waals surface area contributed by atoms with Crippen LogP contribution in [0.3, 0.4) is 0 Å². The van der Waals surface area contributed by atoms with Crippen molar-refractivity contribution in [2.75, 3.05) is 10.0 Å². The van der Waals surface area contributed by atoms with Gasteiger partial charge in [0.05, 0.1) is 15.9 Å². The Labute approximate surface area is 169 Å². The van der Waals surface area contributed by atoms with Crippen LogP contribution in [0.2, 0.25) is 0 Å². The Morgan fingerprint density at radius 1 is 0.759 bits per heavy atom. The van der Waals surface area contributed by atoms with Crippen molar-refractivity contribution in [1.29, 1.82) is 0 Å². The Balaban J connectivity index is 1.81. The van der Waals surface area contributed by atoms with Gasteiger partial charge in [-0.25, -0.2) is 18.4 Å². The van der Waals surface area contributed by atoms with E-state index < -0.39 is 10.0 Å². The molecule has 0 spiro atoms. The van der Waals surface area contributed by atoms with Crippen molar-refractivity contribution in [3.63, 3.8) is 0 Å². The number of para-hydroxylation sites is 3. The Morgan fingerprint density at radius 2 is 1.38 bits per heavy atom. The first kappa shape index (κ1) is 18.9. The normalized spacial score (nSPS) is 11.4. The maximum atomic E-state index is 13.1. The second kappa shape index (κ2) is 7.52. The average molecular weight is 404 g/mol. The summed E-state index contributed by atoms with van der Waals surface area (Å²) in [6, 6.07) is 22.1. The maximum Gasteiger partial charge on any atom is 0.263 e. The molecule has 1 heterocycles. The van der Waals surface area contributed by atoms with Crippen molar-refractivity contribution in [1.82, 2.24) is 9.97 Å². The number of nitrogens with one attached hydrogen (secondary N) is 2. The summed E-state index contributed by atoms with van der Waals surface area (Å²) in [5.74, 6) is 0.484. The number of sulfonamides is 1. The highest BCUT2D eigenvalue weighted by molar-refractivity contribution is 7.92. The van der Waals surface area contributed by atoms with Gasteiger partial charge in [-0.1, -0.05) is 42.5 Å². The van der Waals surface area contributed by atoms with E-state index in [9.17, 15) is 8.42 Å². The lowest BCUT2D eigenvalue weighted by molar-refractivity contribution is 0.600. The van der Waals surface area contributed by atoms with E-state index in [2.05, 4.69) is 20.0 Å². The summed E-state index contributed by atoms with van der Waals surface area (Å²) in [7, 11) is -3.84. The third-order valence-electron chi connectivity index (χ3n) is 4.47. The van der Waals surface area contributed by atoms with Gasteiger partial charge < -0.3 is 5.32 Å². The van der Waals surface area contributed by atoms with E-state index >= 15 is 0 Å². The standard InChI is InChI=1S/C22H20N4O2S/c1-15-12-13-16(2)20(14-15)29(27,28)26-22-21(23-17-8-4-3-5-9-17)24-18-10-6-7-11-19(18)25-22/h3-14H,1-2H3,(H,23,24)(H,25,26). The molecule has 6 nitrogen and oxygen atoms in total. The molecule has 0 fully saturated rings. The fourth-order valence-electron chi connectivity index (χ4n) is 3.00. The minimum atomic E-state index is -3.84. The zero-order valence-electron chi connectivity index (χ0n) is 16.0. The molecule has 0 bridgehead atoms. The number of nitrogens with zero attached hydrogens (tertiary/aromatic N) is 2. The molecule has 0 aliphatic heterocycles. The SMILES string of the molecule is Cc1ccc(C)c(S(=O)(=O)Nc2nc3ccccc3nc2Nc2ccccc2)c1. The van der Waals surface area contributed by atoms with Gasteiger partial charge >= 0.3 is 0 Å². The third kappa shape index (κ3) is 4.05. The fraction of sp³-hybridized carbons (Fsp3) is 0.0909. The number of benzene rings is 3. The van der Waals surface area contributed by atoms with Gasteiger partial charge in [-0.2, -0.15) is 0 Å². The lowest BCUT2D eigenvalue weighted by Gasteiger charge is -2.15. The minimum Gasteiger partial charge on any atom is -0.337 e. The Morgan fingerprint density at radius 3 is 2.07 bits per heavy atom. The molecule has 0 amide bonds. The summed E-state index contributed by atoms with van der Waals surface area (Å²) >= 11 is 0. The first-order chi connectivity index (χ1) is 13.9. The van der Waals surface area contributed by atoms with E-state index in [-0.39, 0.29) is 10.7 Å². The van der Waals surface area contributed by atoms with Gasteiger partial charge in [0, 0.05) is 5.69 Å². The first-order valence-corrected chi connectivity index (χ1v) is 10.6. The van der Waals surface area contributed by atoms with Gasteiger partial charge in [0.15, 0.2) is 11.6 Å². The largest absolute Gasteiger partial charge is 0.337 e. The molecule has 3 aromatic carbocycles. The smallest absolute Gasteiger partial charge is 0.263 e. The zero-order valence-corrected chi connectivity index (χ0v) is 16.9. The van der Waals surface area contributed by atoms with Crippen molar-refractivity contribution in [3.05, 3.63) is 83.9 Å². The predicted molar refractivity (Wildman–Crippen MR) is 116 cm³/mol. The van der Waals surface area contributed by atoms with E-state index in [1.807, 2.05) is 61.5 Å². The summed E-state index contributed by atoms with van der Waals surface area (Å²) in [5, 5.41) is 3.16. The summed E-state index contributed by atoms with van der Waals surface area (Å²) in [6.45, 7) is 3.62. The van der Waals surface area contributed by atoms with Gasteiger partial charge in [-0.3, -0.25) is 4.72 Å². The molecule has 7 heteroatoms. The van der Waals surface area contributed by atoms with E-state index in [0.717, 1.165) is 11.3 Å². The van der Waals surface area contributed by atoms with Crippen LogP contribution in [0, 0.1) is 13.8 Å². The quantitative estimate of drug-likeness (QED) is 0.500. The number of rotatable bonds is 5. The fourth-order valence-corrected chi connectivity index (χ4v) is 4.34. The number of aromatic nitrogens is 2. The summed E-state index contributed by atoms with van der Waals surface area (Å²) in [6.07, 6.45) is 0. The summed E-state index contributed by atoms with van der Waals surface area (Å²) < 4.78 is 28.8. The van der Waals surface area contributed by atoms with Crippen LogP contribution in [-0.4, -0.2) is 18.4 Å². The minimum absolute atomic E-state index is 0.147. The second-order valence-electron chi connectivity index (χ2n) is 6.78. The van der Waals surface area contributed by atoms with Crippen molar-refractivity contribution in [2.45, 2.75) is 18.7 Å². The van der Waals surface area contributed by atoms with Crippen LogP contribution in [0.25, 0.3) is 11.0 Å². The maximum absolute atomic E-state index is 13.1. The molecule has 0 saturated heterocycles. The van der Waals surface area contributed by atoms with Gasteiger partial charge in [0.25, 0.3) is 10.0 Å². The highest BCUT2D eigenvalue weighted by Gasteiger charge is 2.21. The summed E-state index contributed by atoms with van der Waals surface area (Å²) in [4.78, 5) is 9.33. The van der Waals surface area contributed by atoms with Crippen LogP contribution < -0.4 is 10.0 Å². The highest BCUT2D eigenvalue weighted by atomic mass is 32.2. The van der Waals surface area contributed by atoms with Crippen LogP contribution >= 0.6 is 0 Å². The number of hydrogen-bond donors (Lipinski definition) is 2. The molecular weight excluding hydrogens is 384 g/mol. The lowest BCUT2D eigenvalue weighted by atomic mass is 10.2. The first-order valence-electron chi connectivity index (χ1n) is 9.11. The van der Waals surface area contributed by atoms with Crippen LogP contribution in [0.15, 0.2) is 77.7 Å². The average Bonchev–Trinajstić information content (AvgIpc) is 2.71. The van der Waals surface area contributed by atoms with Crippen molar-refractivity contribution < 1.29 is 8.42 Å². The zero-order chi connectivity index (χ0) is 20.4. The van der Waals surface area contributed by atoms with E-state index in [0.29, 0.717) is 22.4 Å². The molecule has 0 unspecified atom stereocenters. The molecule has 0 saturated carbocycles. The third-order valence-corrected chi connectivity index (χ3v) is 5.95. The number of fused-ring (bicyclic) bond motifs is 1. The monoisotopic (exact) mass is 404 g/mol. The van der Waals surface area contributed by atoms with Gasteiger partial charge in [0.2, 0.25) is 0 Å². The van der Waals surface area contributed by atoms with Crippen LogP contribution in [0.1, 0.15) is 11.1 Å². The molecule has 1 aromatic heterocycles. The van der Waals surface area contributed by atoms with Crippen molar-refractivity contribution in [3.8, 4) is 0 Å². The molecule has 4 rings (SSSR count). The summed E-state index contributed by atoms with van der Waals surface area (Å²) in [5.41, 5.74) is 3.58. The lowest BCUT2D eigenvalue weighted by Crippen LogP contribution is -2.17. The van der Waals surface area contributed by atoms with Gasteiger partial charge in [-0.05, 0) is 55.3 Å². The molecule has 146 valence electrons. The van der Waals surface area contributed by atoms with Crippen LogP contribution in [0.4, 0.5) is 17.3 Å². The van der Waals surface area contributed by atoms with Gasteiger partial charge in [-0.15, -0.1) is 0 Å². The second-order valence-corrected chi connectivity index (χ2v) is 8.43. The number of anilines is 3. The molecule has 0 aliphatic carbocycles. The molecule has 29 heavy (non-hydrogen) atoms. The molecule has 2 N–H and O–H groups in total.